The summed E-state index contributed by atoms with van der Waals surface area (Å²) < 4.78 is 0. The van der Waals surface area contributed by atoms with Crippen LogP contribution in [-0.4, -0.2) is 30.3 Å². The standard InChI is InChI=1S/C12H12N2O3/c15-7-9(12-13-5-6-14-12)11(17)8-3-1-2-4-10(8)16/h1-4,7,13-14,16H,5-6H2. The number of hydrogen-bond donors (Lipinski definition) is 3. The highest BCUT2D eigenvalue weighted by Gasteiger charge is 2.21. The molecular formula is C12H12N2O3. The minimum atomic E-state index is -0.491. The molecule has 0 radical (unpaired) electrons. The Labute approximate surface area is 98.1 Å². The Morgan fingerprint density at radius 1 is 1.24 bits per heavy atom. The topological polar surface area (TPSA) is 78.4 Å². The Kier molecular flexibility index (Phi) is 3.09. The zero-order chi connectivity index (χ0) is 12.3. The van der Waals surface area contributed by atoms with Gasteiger partial charge in [0.2, 0.25) is 5.78 Å². The van der Waals surface area contributed by atoms with Crippen molar-refractivity contribution in [2.45, 2.75) is 0 Å². The van der Waals surface area contributed by atoms with Crippen molar-refractivity contribution in [3.05, 3.63) is 41.2 Å². The number of benzene rings is 1. The van der Waals surface area contributed by atoms with E-state index in [4.69, 9.17) is 0 Å². The fourth-order valence-corrected chi connectivity index (χ4v) is 1.66. The second-order valence-corrected chi connectivity index (χ2v) is 3.61. The molecule has 5 heteroatoms. The molecule has 0 unspecified atom stereocenters. The summed E-state index contributed by atoms with van der Waals surface area (Å²) in [4.78, 5) is 23.0. The first kappa shape index (κ1) is 11.2. The van der Waals surface area contributed by atoms with Crippen LogP contribution in [0, 0.1) is 0 Å². The van der Waals surface area contributed by atoms with Gasteiger partial charge in [-0.1, -0.05) is 12.1 Å². The number of para-hydroxylation sites is 1. The van der Waals surface area contributed by atoms with Crippen LogP contribution in [0.25, 0.3) is 0 Å². The first-order valence-electron chi connectivity index (χ1n) is 5.24. The van der Waals surface area contributed by atoms with Crippen molar-refractivity contribution in [1.29, 1.82) is 0 Å². The van der Waals surface area contributed by atoms with Crippen LogP contribution in [0.2, 0.25) is 0 Å². The highest BCUT2D eigenvalue weighted by Crippen LogP contribution is 2.19. The molecule has 1 aliphatic rings. The van der Waals surface area contributed by atoms with Gasteiger partial charge >= 0.3 is 0 Å². The van der Waals surface area contributed by atoms with E-state index in [0.717, 1.165) is 0 Å². The summed E-state index contributed by atoms with van der Waals surface area (Å²) in [5.74, 6) is -0.196. The van der Waals surface area contributed by atoms with Gasteiger partial charge in [-0.2, -0.15) is 0 Å². The van der Waals surface area contributed by atoms with E-state index < -0.39 is 5.78 Å². The number of phenolic OH excluding ortho intramolecular Hbond substituents is 1. The number of hydrogen-bond acceptors (Lipinski definition) is 5. The fraction of sp³-hybridized carbons (Fsp3) is 0.167. The fourth-order valence-electron chi connectivity index (χ4n) is 1.66. The van der Waals surface area contributed by atoms with Gasteiger partial charge in [0.15, 0.2) is 6.29 Å². The van der Waals surface area contributed by atoms with E-state index in [1.807, 2.05) is 0 Å². The average Bonchev–Trinajstić information content (AvgIpc) is 2.84. The summed E-state index contributed by atoms with van der Waals surface area (Å²) in [6.45, 7) is 1.33. The number of rotatable bonds is 3. The molecule has 0 atom stereocenters. The molecule has 0 aliphatic carbocycles. The Balaban J connectivity index is 2.40. The molecule has 0 bridgehead atoms. The van der Waals surface area contributed by atoms with Gasteiger partial charge in [0, 0.05) is 13.1 Å². The lowest BCUT2D eigenvalue weighted by Crippen LogP contribution is -2.19. The zero-order valence-corrected chi connectivity index (χ0v) is 9.06. The Bertz CT molecular complexity index is 486. The SMILES string of the molecule is O=CC(C(=O)c1ccccc1O)=C1NCCN1. The Morgan fingerprint density at radius 3 is 2.47 bits per heavy atom. The molecule has 0 saturated carbocycles. The van der Waals surface area contributed by atoms with Crippen LogP contribution in [0.1, 0.15) is 10.4 Å². The molecular weight excluding hydrogens is 220 g/mol. The molecule has 1 fully saturated rings. The lowest BCUT2D eigenvalue weighted by atomic mass is 10.0. The van der Waals surface area contributed by atoms with Crippen molar-refractivity contribution in [1.82, 2.24) is 10.6 Å². The number of aldehydes is 1. The molecule has 0 amide bonds. The van der Waals surface area contributed by atoms with E-state index >= 15 is 0 Å². The minimum Gasteiger partial charge on any atom is -0.507 e. The maximum Gasteiger partial charge on any atom is 0.203 e. The maximum absolute atomic E-state index is 12.1. The van der Waals surface area contributed by atoms with Crippen molar-refractivity contribution in [3.63, 3.8) is 0 Å². The largest absolute Gasteiger partial charge is 0.507 e. The predicted octanol–water partition coefficient (Wildman–Crippen LogP) is 0.178. The molecule has 1 aromatic rings. The number of nitrogens with one attached hydrogen (secondary N) is 2. The maximum atomic E-state index is 12.1. The van der Waals surface area contributed by atoms with Gasteiger partial charge in [-0.15, -0.1) is 0 Å². The van der Waals surface area contributed by atoms with Gasteiger partial charge in [0.1, 0.15) is 17.1 Å². The van der Waals surface area contributed by atoms with E-state index in [2.05, 4.69) is 10.6 Å². The number of phenols is 1. The quantitative estimate of drug-likeness (QED) is 0.228. The van der Waals surface area contributed by atoms with Gasteiger partial charge in [-0.3, -0.25) is 9.59 Å². The third kappa shape index (κ3) is 2.13. The monoisotopic (exact) mass is 232 g/mol. The number of Topliss-reactive ketones (excluding diaryl/α,β-unsaturated/α-hetero) is 1. The molecule has 5 nitrogen and oxygen atoms in total. The molecule has 17 heavy (non-hydrogen) atoms. The van der Waals surface area contributed by atoms with Crippen molar-refractivity contribution < 1.29 is 14.7 Å². The lowest BCUT2D eigenvalue weighted by molar-refractivity contribution is -0.104. The van der Waals surface area contributed by atoms with Crippen molar-refractivity contribution in [3.8, 4) is 5.75 Å². The zero-order valence-electron chi connectivity index (χ0n) is 9.06. The van der Waals surface area contributed by atoms with E-state index in [1.165, 1.54) is 12.1 Å². The van der Waals surface area contributed by atoms with Crippen molar-refractivity contribution in [2.24, 2.45) is 0 Å². The lowest BCUT2D eigenvalue weighted by Gasteiger charge is -2.06. The average molecular weight is 232 g/mol. The number of carbonyl (C=O) groups excluding carboxylic acids is 2. The molecule has 3 N–H and O–H groups in total. The second kappa shape index (κ2) is 4.69. The number of allylic oxidation sites excluding steroid dienone is 1. The van der Waals surface area contributed by atoms with E-state index in [-0.39, 0.29) is 16.9 Å². The van der Waals surface area contributed by atoms with Crippen molar-refractivity contribution >= 4 is 12.1 Å². The van der Waals surface area contributed by atoms with Crippen LogP contribution in [0.3, 0.4) is 0 Å². The Morgan fingerprint density at radius 2 is 1.88 bits per heavy atom. The van der Waals surface area contributed by atoms with Gasteiger partial charge < -0.3 is 15.7 Å². The van der Waals surface area contributed by atoms with E-state index in [9.17, 15) is 14.7 Å². The first-order chi connectivity index (χ1) is 8.24. The van der Waals surface area contributed by atoms with Crippen LogP contribution in [0.4, 0.5) is 0 Å². The highest BCUT2D eigenvalue weighted by molar-refractivity contribution is 6.21. The number of carbonyl (C=O) groups is 2. The van der Waals surface area contributed by atoms with Crippen LogP contribution in [0.15, 0.2) is 35.7 Å². The van der Waals surface area contributed by atoms with Gasteiger partial charge in [0.05, 0.1) is 5.56 Å². The molecule has 0 aromatic heterocycles. The first-order valence-corrected chi connectivity index (χ1v) is 5.24. The summed E-state index contributed by atoms with van der Waals surface area (Å²) in [7, 11) is 0. The summed E-state index contributed by atoms with van der Waals surface area (Å²) in [6, 6.07) is 6.15. The molecule has 1 saturated heterocycles. The third-order valence-electron chi connectivity index (χ3n) is 2.51. The van der Waals surface area contributed by atoms with Crippen LogP contribution >= 0.6 is 0 Å². The second-order valence-electron chi connectivity index (χ2n) is 3.61. The minimum absolute atomic E-state index is 0.00370. The number of ketones is 1. The normalized spacial score (nSPS) is 13.8. The van der Waals surface area contributed by atoms with E-state index in [1.54, 1.807) is 12.1 Å². The van der Waals surface area contributed by atoms with Gasteiger partial charge in [-0.25, -0.2) is 0 Å². The molecule has 1 heterocycles. The molecule has 1 aliphatic heterocycles. The molecule has 2 rings (SSSR count). The van der Waals surface area contributed by atoms with Gasteiger partial charge in [0.25, 0.3) is 0 Å². The predicted molar refractivity (Wildman–Crippen MR) is 61.5 cm³/mol. The third-order valence-corrected chi connectivity index (χ3v) is 2.51. The summed E-state index contributed by atoms with van der Waals surface area (Å²) in [5.41, 5.74) is 0.126. The van der Waals surface area contributed by atoms with Crippen LogP contribution < -0.4 is 10.6 Å². The molecule has 1 aromatic carbocycles. The number of aromatic hydroxyl groups is 1. The van der Waals surface area contributed by atoms with Crippen LogP contribution in [-0.2, 0) is 4.79 Å². The van der Waals surface area contributed by atoms with Crippen LogP contribution in [0.5, 0.6) is 5.75 Å². The van der Waals surface area contributed by atoms with E-state index in [0.29, 0.717) is 25.2 Å². The summed E-state index contributed by atoms with van der Waals surface area (Å²) in [6.07, 6.45) is 0.495. The molecule has 88 valence electrons. The van der Waals surface area contributed by atoms with Crippen molar-refractivity contribution in [2.75, 3.05) is 13.1 Å². The highest BCUT2D eigenvalue weighted by atomic mass is 16.3. The van der Waals surface area contributed by atoms with Gasteiger partial charge in [-0.05, 0) is 12.1 Å². The summed E-state index contributed by atoms with van der Waals surface area (Å²) in [5, 5.41) is 15.4. The Hall–Kier alpha value is -2.30. The smallest absolute Gasteiger partial charge is 0.203 e. The molecule has 0 spiro atoms. The summed E-state index contributed by atoms with van der Waals surface area (Å²) >= 11 is 0.